The molecule has 1 aromatic carbocycles. The minimum absolute atomic E-state index is 0.112. The molecule has 17 heavy (non-hydrogen) atoms. The first-order chi connectivity index (χ1) is 8.00. The molecule has 0 fully saturated rings. The van der Waals surface area contributed by atoms with Gasteiger partial charge in [-0.1, -0.05) is 18.2 Å². The van der Waals surface area contributed by atoms with Crippen molar-refractivity contribution < 1.29 is 4.42 Å². The molecule has 3 heteroatoms. The second-order valence-corrected chi connectivity index (χ2v) is 5.40. The maximum Gasteiger partial charge on any atom is 0.106 e. The van der Waals surface area contributed by atoms with Crippen LogP contribution in [0.25, 0.3) is 0 Å². The Hall–Kier alpha value is -0.810. The number of rotatable bonds is 2. The average molecular weight is 341 g/mol. The maximum atomic E-state index is 6.34. The number of hydrogen-bond donors (Lipinski definition) is 1. The summed E-state index contributed by atoms with van der Waals surface area (Å²) in [5.74, 6) is 1.82. The molecular formula is C14H16INO. The summed E-state index contributed by atoms with van der Waals surface area (Å²) in [4.78, 5) is 0. The van der Waals surface area contributed by atoms with Crippen LogP contribution in [0.4, 0.5) is 0 Å². The van der Waals surface area contributed by atoms with E-state index in [0.717, 1.165) is 22.6 Å². The van der Waals surface area contributed by atoms with Gasteiger partial charge in [0.1, 0.15) is 11.5 Å². The summed E-state index contributed by atoms with van der Waals surface area (Å²) in [6.45, 7) is 6.01. The van der Waals surface area contributed by atoms with Crippen LogP contribution in [0.1, 0.15) is 34.3 Å². The third-order valence-corrected chi connectivity index (χ3v) is 4.44. The van der Waals surface area contributed by atoms with Gasteiger partial charge >= 0.3 is 0 Å². The Morgan fingerprint density at radius 2 is 1.88 bits per heavy atom. The Balaban J connectivity index is 2.47. The van der Waals surface area contributed by atoms with Crippen LogP contribution >= 0.6 is 22.6 Å². The van der Waals surface area contributed by atoms with Gasteiger partial charge in [-0.05, 0) is 60.6 Å². The molecule has 2 N–H and O–H groups in total. The fourth-order valence-corrected chi connectivity index (χ4v) is 2.73. The Kier molecular flexibility index (Phi) is 3.58. The molecule has 0 amide bonds. The lowest BCUT2D eigenvalue weighted by Gasteiger charge is -2.14. The molecule has 2 nitrogen and oxygen atoms in total. The molecule has 0 aliphatic heterocycles. The van der Waals surface area contributed by atoms with E-state index in [1.807, 2.05) is 19.9 Å². The van der Waals surface area contributed by atoms with Crippen LogP contribution in [-0.2, 0) is 0 Å². The van der Waals surface area contributed by atoms with Crippen LogP contribution < -0.4 is 5.73 Å². The van der Waals surface area contributed by atoms with Crippen molar-refractivity contribution in [3.8, 4) is 0 Å². The summed E-state index contributed by atoms with van der Waals surface area (Å²) in [5, 5.41) is 0. The van der Waals surface area contributed by atoms with E-state index in [-0.39, 0.29) is 6.04 Å². The highest BCUT2D eigenvalue weighted by Gasteiger charge is 2.17. The molecule has 0 spiro atoms. The summed E-state index contributed by atoms with van der Waals surface area (Å²) in [6.07, 6.45) is 0. The van der Waals surface area contributed by atoms with Gasteiger partial charge in [0.2, 0.25) is 0 Å². The van der Waals surface area contributed by atoms with Gasteiger partial charge in [0.05, 0.1) is 6.04 Å². The van der Waals surface area contributed by atoms with Crippen molar-refractivity contribution in [2.24, 2.45) is 5.73 Å². The van der Waals surface area contributed by atoms with E-state index >= 15 is 0 Å². The lowest BCUT2D eigenvalue weighted by atomic mass is 9.98. The zero-order valence-corrected chi connectivity index (χ0v) is 12.4. The largest absolute Gasteiger partial charge is 0.466 e. The highest BCUT2D eigenvalue weighted by Crippen LogP contribution is 2.29. The molecule has 0 aliphatic carbocycles. The van der Waals surface area contributed by atoms with E-state index in [1.54, 1.807) is 0 Å². The quantitative estimate of drug-likeness (QED) is 0.843. The van der Waals surface area contributed by atoms with Gasteiger partial charge in [-0.2, -0.15) is 0 Å². The predicted octanol–water partition coefficient (Wildman–Crippen LogP) is 3.86. The zero-order chi connectivity index (χ0) is 12.6. The lowest BCUT2D eigenvalue weighted by molar-refractivity contribution is 0.499. The van der Waals surface area contributed by atoms with E-state index in [2.05, 4.69) is 47.7 Å². The van der Waals surface area contributed by atoms with E-state index in [0.29, 0.717) is 0 Å². The number of halogens is 1. The summed E-state index contributed by atoms with van der Waals surface area (Å²) >= 11 is 2.35. The Bertz CT molecular complexity index is 545. The van der Waals surface area contributed by atoms with Gasteiger partial charge in [0.25, 0.3) is 0 Å². The van der Waals surface area contributed by atoms with Crippen molar-refractivity contribution in [2.45, 2.75) is 26.8 Å². The zero-order valence-electron chi connectivity index (χ0n) is 10.3. The fraction of sp³-hybridized carbons (Fsp3) is 0.286. The molecule has 1 unspecified atom stereocenters. The molecular weight excluding hydrogens is 325 g/mol. The first-order valence-corrected chi connectivity index (χ1v) is 6.66. The number of hydrogen-bond acceptors (Lipinski definition) is 2. The van der Waals surface area contributed by atoms with Crippen molar-refractivity contribution in [1.29, 1.82) is 0 Å². The molecule has 90 valence electrons. The molecule has 0 aliphatic rings. The van der Waals surface area contributed by atoms with Gasteiger partial charge in [-0.25, -0.2) is 0 Å². The molecule has 0 radical (unpaired) electrons. The SMILES string of the molecule is Cc1cc(C(N)c2cccc(C)c2I)c(C)o1. The van der Waals surface area contributed by atoms with E-state index < -0.39 is 0 Å². The van der Waals surface area contributed by atoms with Crippen LogP contribution in [0.5, 0.6) is 0 Å². The van der Waals surface area contributed by atoms with Gasteiger partial charge in [0.15, 0.2) is 0 Å². The van der Waals surface area contributed by atoms with Crippen LogP contribution in [0.2, 0.25) is 0 Å². The van der Waals surface area contributed by atoms with Gasteiger partial charge in [-0.3, -0.25) is 0 Å². The second-order valence-electron chi connectivity index (χ2n) is 4.32. The summed E-state index contributed by atoms with van der Waals surface area (Å²) in [6, 6.07) is 8.15. The number of aryl methyl sites for hydroxylation is 3. The second kappa shape index (κ2) is 4.82. The van der Waals surface area contributed by atoms with E-state index in [9.17, 15) is 0 Å². The predicted molar refractivity (Wildman–Crippen MR) is 78.1 cm³/mol. The first-order valence-electron chi connectivity index (χ1n) is 5.58. The Morgan fingerprint density at radius 3 is 2.47 bits per heavy atom. The van der Waals surface area contributed by atoms with E-state index in [4.69, 9.17) is 10.2 Å². The van der Waals surface area contributed by atoms with Crippen molar-refractivity contribution in [3.63, 3.8) is 0 Å². The van der Waals surface area contributed by atoms with Crippen molar-refractivity contribution >= 4 is 22.6 Å². The summed E-state index contributed by atoms with van der Waals surface area (Å²) < 4.78 is 6.78. The number of nitrogens with two attached hydrogens (primary N) is 1. The van der Waals surface area contributed by atoms with Crippen LogP contribution in [0.3, 0.4) is 0 Å². The van der Waals surface area contributed by atoms with Crippen molar-refractivity contribution in [3.05, 3.63) is 56.0 Å². The minimum atomic E-state index is -0.112. The minimum Gasteiger partial charge on any atom is -0.466 e. The van der Waals surface area contributed by atoms with E-state index in [1.165, 1.54) is 9.13 Å². The topological polar surface area (TPSA) is 39.2 Å². The lowest BCUT2D eigenvalue weighted by Crippen LogP contribution is -2.14. The molecule has 1 heterocycles. The van der Waals surface area contributed by atoms with Crippen LogP contribution in [0.15, 0.2) is 28.7 Å². The Morgan fingerprint density at radius 1 is 1.18 bits per heavy atom. The molecule has 1 atom stereocenters. The van der Waals surface area contributed by atoms with Gasteiger partial charge in [0, 0.05) is 9.13 Å². The summed E-state index contributed by atoms with van der Waals surface area (Å²) in [7, 11) is 0. The monoisotopic (exact) mass is 341 g/mol. The van der Waals surface area contributed by atoms with Crippen LogP contribution in [0, 0.1) is 24.3 Å². The number of furan rings is 1. The Labute approximate surface area is 115 Å². The van der Waals surface area contributed by atoms with Crippen molar-refractivity contribution in [1.82, 2.24) is 0 Å². The highest BCUT2D eigenvalue weighted by molar-refractivity contribution is 14.1. The maximum absolute atomic E-state index is 6.34. The highest BCUT2D eigenvalue weighted by atomic mass is 127. The third-order valence-electron chi connectivity index (χ3n) is 2.97. The number of benzene rings is 1. The molecule has 0 saturated heterocycles. The molecule has 0 bridgehead atoms. The standard InChI is InChI=1S/C14H16INO/c1-8-5-4-6-11(13(8)15)14(16)12-7-9(2)17-10(12)3/h4-7,14H,16H2,1-3H3. The molecule has 2 rings (SSSR count). The smallest absolute Gasteiger partial charge is 0.106 e. The molecule has 2 aromatic rings. The average Bonchev–Trinajstić information content (AvgIpc) is 2.61. The first kappa shape index (κ1) is 12.6. The van der Waals surface area contributed by atoms with Gasteiger partial charge < -0.3 is 10.2 Å². The van der Waals surface area contributed by atoms with Crippen molar-refractivity contribution in [2.75, 3.05) is 0 Å². The third kappa shape index (κ3) is 2.40. The van der Waals surface area contributed by atoms with Crippen LogP contribution in [-0.4, -0.2) is 0 Å². The van der Waals surface area contributed by atoms with Gasteiger partial charge in [-0.15, -0.1) is 0 Å². The normalized spacial score (nSPS) is 12.8. The summed E-state index contributed by atoms with van der Waals surface area (Å²) in [5.41, 5.74) is 9.83. The molecule has 1 aromatic heterocycles. The fourth-order valence-electron chi connectivity index (χ4n) is 2.04. The molecule has 0 saturated carbocycles.